The molecule has 1 aliphatic rings. The van der Waals surface area contributed by atoms with Crippen molar-refractivity contribution in [3.8, 4) is 17.2 Å². The number of ether oxygens (including phenoxy) is 1. The normalized spacial score (nSPS) is 13.3. The van der Waals surface area contributed by atoms with E-state index in [1.807, 2.05) is 31.2 Å². The minimum Gasteiger partial charge on any atom is -0.492 e. The van der Waals surface area contributed by atoms with Crippen LogP contribution in [-0.2, 0) is 13.0 Å². The third-order valence-corrected chi connectivity index (χ3v) is 4.73. The predicted octanol–water partition coefficient (Wildman–Crippen LogP) is 2.58. The van der Waals surface area contributed by atoms with Crippen LogP contribution in [0.1, 0.15) is 27.4 Å². The Morgan fingerprint density at radius 1 is 1.36 bits per heavy atom. The first-order valence-corrected chi connectivity index (χ1v) is 9.27. The number of nitrogens with zero attached hydrogens (tertiary/aromatic N) is 3. The van der Waals surface area contributed by atoms with Crippen molar-refractivity contribution in [1.82, 2.24) is 14.9 Å². The van der Waals surface area contributed by atoms with Gasteiger partial charge in [-0.1, -0.05) is 6.07 Å². The molecular formula is C21H22N4O3. The summed E-state index contributed by atoms with van der Waals surface area (Å²) in [6.07, 6.45) is 4.06. The summed E-state index contributed by atoms with van der Waals surface area (Å²) in [7, 11) is 0. The van der Waals surface area contributed by atoms with E-state index in [1.165, 1.54) is 0 Å². The van der Waals surface area contributed by atoms with Crippen LogP contribution in [-0.4, -0.2) is 40.5 Å². The molecule has 1 aliphatic heterocycles. The van der Waals surface area contributed by atoms with Crippen molar-refractivity contribution in [3.05, 3.63) is 65.3 Å². The number of aromatic nitrogens is 2. The number of carbonyl (C=O) groups is 1. The number of rotatable bonds is 5. The molecule has 0 atom stereocenters. The highest BCUT2D eigenvalue weighted by atomic mass is 16.5. The van der Waals surface area contributed by atoms with Gasteiger partial charge in [-0.3, -0.25) is 9.78 Å². The topological polar surface area (TPSA) is 94.5 Å². The lowest BCUT2D eigenvalue weighted by Crippen LogP contribution is -2.35. The van der Waals surface area contributed by atoms with Crippen LogP contribution in [0.25, 0.3) is 11.5 Å². The monoisotopic (exact) mass is 378 g/mol. The lowest BCUT2D eigenvalue weighted by molar-refractivity contribution is 0.0727. The number of oxazole rings is 1. The first kappa shape index (κ1) is 18.2. The van der Waals surface area contributed by atoms with Crippen molar-refractivity contribution in [3.63, 3.8) is 0 Å². The summed E-state index contributed by atoms with van der Waals surface area (Å²) in [5.74, 6) is 2.02. The first-order valence-electron chi connectivity index (χ1n) is 9.27. The van der Waals surface area contributed by atoms with Crippen LogP contribution in [0.5, 0.6) is 5.75 Å². The standard InChI is InChI=1S/C21H22N4O3/c1-14-4-5-15(11-19(14)27-10-7-22)21(26)25-9-6-18-17(13-25)24-20(28-18)16-3-2-8-23-12-16/h2-5,8,11-12H,6-7,9-10,13,22H2,1H3. The second-order valence-corrected chi connectivity index (χ2v) is 6.72. The van der Waals surface area contributed by atoms with E-state index in [2.05, 4.69) is 9.97 Å². The van der Waals surface area contributed by atoms with E-state index in [9.17, 15) is 4.79 Å². The maximum Gasteiger partial charge on any atom is 0.254 e. The zero-order valence-corrected chi connectivity index (χ0v) is 15.7. The molecule has 0 spiro atoms. The van der Waals surface area contributed by atoms with E-state index < -0.39 is 0 Å². The molecule has 0 fully saturated rings. The van der Waals surface area contributed by atoms with Gasteiger partial charge in [0, 0.05) is 37.5 Å². The lowest BCUT2D eigenvalue weighted by Gasteiger charge is -2.25. The van der Waals surface area contributed by atoms with Crippen LogP contribution in [0.15, 0.2) is 47.1 Å². The summed E-state index contributed by atoms with van der Waals surface area (Å²) in [5.41, 5.74) is 8.71. The van der Waals surface area contributed by atoms with Crippen molar-refractivity contribution >= 4 is 5.91 Å². The van der Waals surface area contributed by atoms with Crippen molar-refractivity contribution in [2.75, 3.05) is 19.7 Å². The summed E-state index contributed by atoms with van der Waals surface area (Å²) >= 11 is 0. The van der Waals surface area contributed by atoms with E-state index in [0.29, 0.717) is 49.9 Å². The summed E-state index contributed by atoms with van der Waals surface area (Å²) in [4.78, 5) is 23.5. The van der Waals surface area contributed by atoms with Crippen LogP contribution >= 0.6 is 0 Å². The summed E-state index contributed by atoms with van der Waals surface area (Å²) in [5, 5.41) is 0. The maximum absolute atomic E-state index is 13.0. The van der Waals surface area contributed by atoms with Gasteiger partial charge < -0.3 is 19.8 Å². The van der Waals surface area contributed by atoms with E-state index in [0.717, 1.165) is 22.6 Å². The quantitative estimate of drug-likeness (QED) is 0.733. The average molecular weight is 378 g/mol. The molecule has 4 rings (SSSR count). The molecule has 2 aromatic heterocycles. The fourth-order valence-electron chi connectivity index (χ4n) is 3.22. The number of fused-ring (bicyclic) bond motifs is 1. The molecule has 144 valence electrons. The fraction of sp³-hybridized carbons (Fsp3) is 0.286. The number of amides is 1. The van der Waals surface area contributed by atoms with Gasteiger partial charge in [0.1, 0.15) is 23.8 Å². The van der Waals surface area contributed by atoms with Gasteiger partial charge >= 0.3 is 0 Å². The molecule has 0 unspecified atom stereocenters. The third-order valence-electron chi connectivity index (χ3n) is 4.73. The Morgan fingerprint density at radius 3 is 3.04 bits per heavy atom. The predicted molar refractivity (Wildman–Crippen MR) is 104 cm³/mol. The Bertz CT molecular complexity index is 985. The molecular weight excluding hydrogens is 356 g/mol. The first-order chi connectivity index (χ1) is 13.7. The Kier molecular flexibility index (Phi) is 5.08. The van der Waals surface area contributed by atoms with Gasteiger partial charge in [-0.05, 0) is 36.8 Å². The van der Waals surface area contributed by atoms with E-state index in [4.69, 9.17) is 14.9 Å². The van der Waals surface area contributed by atoms with Gasteiger partial charge in [0.2, 0.25) is 5.89 Å². The Labute approximate surface area is 163 Å². The average Bonchev–Trinajstić information content (AvgIpc) is 3.17. The number of aryl methyl sites for hydroxylation is 1. The summed E-state index contributed by atoms with van der Waals surface area (Å²) < 4.78 is 11.5. The highest BCUT2D eigenvalue weighted by molar-refractivity contribution is 5.94. The van der Waals surface area contributed by atoms with Crippen LogP contribution in [0.3, 0.4) is 0 Å². The maximum atomic E-state index is 13.0. The molecule has 7 nitrogen and oxygen atoms in total. The molecule has 0 radical (unpaired) electrons. The number of benzene rings is 1. The minimum atomic E-state index is -0.0471. The molecule has 28 heavy (non-hydrogen) atoms. The molecule has 7 heteroatoms. The van der Waals surface area contributed by atoms with Crippen LogP contribution in [0.4, 0.5) is 0 Å². The third kappa shape index (κ3) is 3.61. The van der Waals surface area contributed by atoms with Gasteiger partial charge in [-0.15, -0.1) is 0 Å². The van der Waals surface area contributed by atoms with Crippen molar-refractivity contribution in [1.29, 1.82) is 0 Å². The van der Waals surface area contributed by atoms with Gasteiger partial charge in [-0.2, -0.15) is 0 Å². The second-order valence-electron chi connectivity index (χ2n) is 6.72. The van der Waals surface area contributed by atoms with E-state index in [1.54, 1.807) is 23.4 Å². The molecule has 3 heterocycles. The molecule has 0 bridgehead atoms. The van der Waals surface area contributed by atoms with Gasteiger partial charge in [-0.25, -0.2) is 4.98 Å². The molecule has 0 saturated carbocycles. The molecule has 1 aromatic carbocycles. The van der Waals surface area contributed by atoms with Crippen LogP contribution in [0.2, 0.25) is 0 Å². The minimum absolute atomic E-state index is 0.0471. The number of nitrogens with two attached hydrogens (primary N) is 1. The molecule has 1 amide bonds. The number of pyridine rings is 1. The lowest BCUT2D eigenvalue weighted by atomic mass is 10.1. The number of hydrogen-bond donors (Lipinski definition) is 1. The molecule has 2 N–H and O–H groups in total. The largest absolute Gasteiger partial charge is 0.492 e. The van der Waals surface area contributed by atoms with Crippen LogP contribution < -0.4 is 10.5 Å². The highest BCUT2D eigenvalue weighted by Gasteiger charge is 2.27. The zero-order valence-electron chi connectivity index (χ0n) is 15.7. The SMILES string of the molecule is Cc1ccc(C(=O)N2CCc3oc(-c4cccnc4)nc3C2)cc1OCCN. The van der Waals surface area contributed by atoms with Crippen molar-refractivity contribution < 1.29 is 13.9 Å². The number of carbonyl (C=O) groups excluding carboxylic acids is 1. The van der Waals surface area contributed by atoms with Gasteiger partial charge in [0.05, 0.1) is 12.1 Å². The Hall–Kier alpha value is -3.19. The Balaban J connectivity index is 1.53. The summed E-state index contributed by atoms with van der Waals surface area (Å²) in [6.45, 7) is 3.80. The van der Waals surface area contributed by atoms with E-state index in [-0.39, 0.29) is 5.91 Å². The fourth-order valence-corrected chi connectivity index (χ4v) is 3.22. The summed E-state index contributed by atoms with van der Waals surface area (Å²) in [6, 6.07) is 9.25. The highest BCUT2D eigenvalue weighted by Crippen LogP contribution is 2.27. The van der Waals surface area contributed by atoms with Crippen molar-refractivity contribution in [2.45, 2.75) is 19.9 Å². The Morgan fingerprint density at radius 2 is 2.25 bits per heavy atom. The van der Waals surface area contributed by atoms with Gasteiger partial charge in [0.15, 0.2) is 0 Å². The molecule has 0 saturated heterocycles. The van der Waals surface area contributed by atoms with Gasteiger partial charge in [0.25, 0.3) is 5.91 Å². The molecule has 0 aliphatic carbocycles. The zero-order chi connectivity index (χ0) is 19.5. The smallest absolute Gasteiger partial charge is 0.254 e. The second kappa shape index (κ2) is 7.82. The molecule has 3 aromatic rings. The van der Waals surface area contributed by atoms with E-state index >= 15 is 0 Å². The van der Waals surface area contributed by atoms with Crippen molar-refractivity contribution in [2.24, 2.45) is 5.73 Å². The van der Waals surface area contributed by atoms with Crippen LogP contribution in [0, 0.1) is 6.92 Å². The number of hydrogen-bond acceptors (Lipinski definition) is 6.